The Balaban J connectivity index is 2.01. The van der Waals surface area contributed by atoms with Crippen LogP contribution in [0.2, 0.25) is 5.02 Å². The van der Waals surface area contributed by atoms with Crippen molar-refractivity contribution in [2.24, 2.45) is 5.73 Å². The monoisotopic (exact) mass is 314 g/mol. The van der Waals surface area contributed by atoms with E-state index in [0.717, 1.165) is 0 Å². The van der Waals surface area contributed by atoms with Crippen molar-refractivity contribution in [3.05, 3.63) is 22.7 Å². The number of fused-ring (bicyclic) bond motifs is 1. The summed E-state index contributed by atoms with van der Waals surface area (Å²) >= 11 is 6.10. The lowest BCUT2D eigenvalue weighted by molar-refractivity contribution is -0.121. The summed E-state index contributed by atoms with van der Waals surface area (Å²) < 4.78 is 10.9. The fourth-order valence-corrected chi connectivity index (χ4v) is 2.29. The molecule has 0 radical (unpaired) electrons. The number of amides is 1. The SMILES string of the molecule is CC(N)CC(=O)NCC(O)c1cc(Cl)c2c(c1)OCCO2. The molecule has 0 saturated heterocycles. The molecule has 0 saturated carbocycles. The fraction of sp³-hybridized carbons (Fsp3) is 0.500. The van der Waals surface area contributed by atoms with Gasteiger partial charge in [-0.1, -0.05) is 11.6 Å². The molecule has 6 nitrogen and oxygen atoms in total. The van der Waals surface area contributed by atoms with Gasteiger partial charge in [-0.2, -0.15) is 0 Å². The number of aliphatic hydroxyl groups excluding tert-OH is 1. The molecule has 0 spiro atoms. The summed E-state index contributed by atoms with van der Waals surface area (Å²) in [6.07, 6.45) is -0.662. The van der Waals surface area contributed by atoms with Crippen molar-refractivity contribution in [3.8, 4) is 11.5 Å². The zero-order valence-electron chi connectivity index (χ0n) is 11.8. The van der Waals surface area contributed by atoms with Gasteiger partial charge in [-0.25, -0.2) is 0 Å². The second-order valence-electron chi connectivity index (χ2n) is 5.03. The highest BCUT2D eigenvalue weighted by molar-refractivity contribution is 6.32. The predicted molar refractivity (Wildman–Crippen MR) is 78.7 cm³/mol. The number of ether oxygens (including phenoxy) is 2. The van der Waals surface area contributed by atoms with E-state index in [9.17, 15) is 9.90 Å². The molecule has 0 aromatic heterocycles. The van der Waals surface area contributed by atoms with Crippen molar-refractivity contribution < 1.29 is 19.4 Å². The molecular formula is C14H19ClN2O4. The molecule has 2 atom stereocenters. The Morgan fingerprint density at radius 3 is 2.90 bits per heavy atom. The van der Waals surface area contributed by atoms with Gasteiger partial charge in [0.05, 0.1) is 11.1 Å². The normalized spacial score (nSPS) is 16.2. The molecule has 2 unspecified atom stereocenters. The van der Waals surface area contributed by atoms with E-state index in [0.29, 0.717) is 35.3 Å². The van der Waals surface area contributed by atoms with E-state index in [-0.39, 0.29) is 24.9 Å². The lowest BCUT2D eigenvalue weighted by Gasteiger charge is -2.21. The molecule has 0 aliphatic carbocycles. The zero-order valence-corrected chi connectivity index (χ0v) is 12.5. The van der Waals surface area contributed by atoms with E-state index in [1.807, 2.05) is 0 Å². The third kappa shape index (κ3) is 4.23. The van der Waals surface area contributed by atoms with E-state index < -0.39 is 6.10 Å². The van der Waals surface area contributed by atoms with Crippen molar-refractivity contribution in [1.29, 1.82) is 0 Å². The average Bonchev–Trinajstić information content (AvgIpc) is 2.44. The van der Waals surface area contributed by atoms with Crippen LogP contribution in [-0.4, -0.2) is 36.8 Å². The van der Waals surface area contributed by atoms with Gasteiger partial charge in [-0.05, 0) is 24.6 Å². The molecule has 2 rings (SSSR count). The van der Waals surface area contributed by atoms with Crippen LogP contribution >= 0.6 is 11.6 Å². The quantitative estimate of drug-likeness (QED) is 0.754. The topological polar surface area (TPSA) is 93.8 Å². The van der Waals surface area contributed by atoms with E-state index in [1.54, 1.807) is 19.1 Å². The van der Waals surface area contributed by atoms with Crippen LogP contribution in [0.3, 0.4) is 0 Å². The third-order valence-electron chi connectivity index (χ3n) is 3.00. The van der Waals surface area contributed by atoms with Crippen LogP contribution in [0.15, 0.2) is 12.1 Å². The highest BCUT2D eigenvalue weighted by Crippen LogP contribution is 2.39. The number of halogens is 1. The summed E-state index contributed by atoms with van der Waals surface area (Å²) in [5.41, 5.74) is 6.10. The number of hydrogen-bond acceptors (Lipinski definition) is 5. The summed E-state index contributed by atoms with van der Waals surface area (Å²) in [6, 6.07) is 3.06. The Hall–Kier alpha value is -1.50. The number of aliphatic hydroxyl groups is 1. The Kier molecular flexibility index (Phi) is 5.27. The van der Waals surface area contributed by atoms with Crippen LogP contribution in [0.1, 0.15) is 25.0 Å². The maximum Gasteiger partial charge on any atom is 0.221 e. The van der Waals surface area contributed by atoms with Crippen LogP contribution in [0.5, 0.6) is 11.5 Å². The number of carbonyl (C=O) groups is 1. The molecule has 21 heavy (non-hydrogen) atoms. The molecule has 1 aliphatic rings. The Morgan fingerprint density at radius 2 is 2.19 bits per heavy atom. The van der Waals surface area contributed by atoms with Crippen LogP contribution in [-0.2, 0) is 4.79 Å². The second kappa shape index (κ2) is 6.98. The number of nitrogens with one attached hydrogen (secondary N) is 1. The first-order valence-electron chi connectivity index (χ1n) is 6.76. The maximum atomic E-state index is 11.5. The van der Waals surface area contributed by atoms with E-state index in [2.05, 4.69) is 5.32 Å². The lowest BCUT2D eigenvalue weighted by atomic mass is 10.1. The smallest absolute Gasteiger partial charge is 0.221 e. The first-order chi connectivity index (χ1) is 9.97. The van der Waals surface area contributed by atoms with Crippen LogP contribution < -0.4 is 20.5 Å². The molecule has 7 heteroatoms. The Morgan fingerprint density at radius 1 is 1.48 bits per heavy atom. The summed E-state index contributed by atoms with van der Waals surface area (Å²) in [5.74, 6) is 0.789. The number of hydrogen-bond donors (Lipinski definition) is 3. The molecule has 1 aromatic rings. The average molecular weight is 315 g/mol. The fourth-order valence-electron chi connectivity index (χ4n) is 2.02. The largest absolute Gasteiger partial charge is 0.486 e. The van der Waals surface area contributed by atoms with Gasteiger partial charge in [0.25, 0.3) is 0 Å². The maximum absolute atomic E-state index is 11.5. The van der Waals surface area contributed by atoms with Crippen LogP contribution in [0, 0.1) is 0 Å². The van der Waals surface area contributed by atoms with Gasteiger partial charge in [-0.15, -0.1) is 0 Å². The molecule has 116 valence electrons. The predicted octanol–water partition coefficient (Wildman–Crippen LogP) is 0.998. The highest BCUT2D eigenvalue weighted by Gasteiger charge is 2.20. The number of benzene rings is 1. The number of nitrogens with two attached hydrogens (primary N) is 1. The van der Waals surface area contributed by atoms with E-state index in [4.69, 9.17) is 26.8 Å². The minimum atomic E-state index is -0.879. The van der Waals surface area contributed by atoms with Crippen molar-refractivity contribution in [2.75, 3.05) is 19.8 Å². The van der Waals surface area contributed by atoms with Gasteiger partial charge in [0.2, 0.25) is 5.91 Å². The molecular weight excluding hydrogens is 296 g/mol. The first kappa shape index (κ1) is 15.9. The van der Waals surface area contributed by atoms with Crippen molar-refractivity contribution in [1.82, 2.24) is 5.32 Å². The molecule has 0 fully saturated rings. The summed E-state index contributed by atoms with van der Waals surface area (Å²) in [4.78, 5) is 11.5. The standard InChI is InChI=1S/C14H19ClN2O4/c1-8(16)4-13(19)17-7-11(18)9-5-10(15)14-12(6-9)20-2-3-21-14/h5-6,8,11,18H,2-4,7,16H2,1H3,(H,17,19). The lowest BCUT2D eigenvalue weighted by Crippen LogP contribution is -2.32. The third-order valence-corrected chi connectivity index (χ3v) is 3.28. The molecule has 0 bridgehead atoms. The number of rotatable bonds is 5. The number of carbonyl (C=O) groups excluding carboxylic acids is 1. The van der Waals surface area contributed by atoms with Crippen molar-refractivity contribution in [3.63, 3.8) is 0 Å². The first-order valence-corrected chi connectivity index (χ1v) is 7.14. The second-order valence-corrected chi connectivity index (χ2v) is 5.44. The van der Waals surface area contributed by atoms with Gasteiger partial charge >= 0.3 is 0 Å². The molecule has 1 heterocycles. The van der Waals surface area contributed by atoms with Crippen molar-refractivity contribution in [2.45, 2.75) is 25.5 Å². The van der Waals surface area contributed by atoms with E-state index >= 15 is 0 Å². The Bertz CT molecular complexity index is 522. The minimum absolute atomic E-state index is 0.0848. The molecule has 4 N–H and O–H groups in total. The van der Waals surface area contributed by atoms with Crippen LogP contribution in [0.25, 0.3) is 0 Å². The van der Waals surface area contributed by atoms with Gasteiger partial charge in [0.15, 0.2) is 11.5 Å². The van der Waals surface area contributed by atoms with Crippen molar-refractivity contribution >= 4 is 17.5 Å². The summed E-state index contributed by atoms with van der Waals surface area (Å²) in [6.45, 7) is 2.72. The molecule has 1 aromatic carbocycles. The van der Waals surface area contributed by atoms with Gasteiger partial charge in [0, 0.05) is 19.0 Å². The molecule has 1 aliphatic heterocycles. The summed E-state index contributed by atoms with van der Waals surface area (Å²) in [5, 5.41) is 13.1. The van der Waals surface area contributed by atoms with Gasteiger partial charge in [0.1, 0.15) is 13.2 Å². The highest BCUT2D eigenvalue weighted by atomic mass is 35.5. The summed E-state index contributed by atoms with van der Waals surface area (Å²) in [7, 11) is 0. The van der Waals surface area contributed by atoms with Gasteiger partial charge < -0.3 is 25.6 Å². The van der Waals surface area contributed by atoms with Gasteiger partial charge in [-0.3, -0.25) is 4.79 Å². The van der Waals surface area contributed by atoms with E-state index in [1.165, 1.54) is 0 Å². The van der Waals surface area contributed by atoms with Crippen LogP contribution in [0.4, 0.5) is 0 Å². The minimum Gasteiger partial charge on any atom is -0.486 e. The Labute approximate surface area is 128 Å². The molecule has 1 amide bonds. The zero-order chi connectivity index (χ0) is 15.4.